The molecular formula is C26H35Cl2NO2. The predicted molar refractivity (Wildman–Crippen MR) is 131 cm³/mol. The summed E-state index contributed by atoms with van der Waals surface area (Å²) in [7, 11) is 0. The number of nitrogens with zero attached hydrogens (tertiary/aromatic N) is 1. The molecule has 170 valence electrons. The summed E-state index contributed by atoms with van der Waals surface area (Å²) < 4.78 is 12.5. The smallest absolute Gasteiger partial charge is 0.119 e. The van der Waals surface area contributed by atoms with Gasteiger partial charge in [-0.25, -0.2) is 0 Å². The van der Waals surface area contributed by atoms with Crippen LogP contribution in [-0.2, 0) is 4.74 Å². The van der Waals surface area contributed by atoms with Gasteiger partial charge < -0.3 is 14.4 Å². The zero-order valence-electron chi connectivity index (χ0n) is 19.1. The summed E-state index contributed by atoms with van der Waals surface area (Å²) in [6, 6.07) is 14.2. The molecule has 2 aromatic rings. The minimum atomic E-state index is 0.0636. The van der Waals surface area contributed by atoms with Crippen molar-refractivity contribution in [2.24, 2.45) is 11.8 Å². The molecule has 2 aromatic carbocycles. The topological polar surface area (TPSA) is 21.7 Å². The van der Waals surface area contributed by atoms with Gasteiger partial charge in [-0.1, -0.05) is 69.1 Å². The number of rotatable bonds is 9. The quantitative estimate of drug-likeness (QED) is 0.391. The molecule has 1 saturated heterocycles. The lowest BCUT2D eigenvalue weighted by Gasteiger charge is -2.39. The molecule has 3 rings (SSSR count). The Hall–Kier alpha value is -1.26. The molecule has 0 bridgehead atoms. The summed E-state index contributed by atoms with van der Waals surface area (Å²) in [6.07, 6.45) is 1.10. The second kappa shape index (κ2) is 11.6. The van der Waals surface area contributed by atoms with Gasteiger partial charge in [0, 0.05) is 22.5 Å². The molecule has 5 heteroatoms. The minimum absolute atomic E-state index is 0.0636. The Balaban J connectivity index is 1.71. The molecule has 0 aliphatic carbocycles. The highest BCUT2D eigenvalue weighted by Crippen LogP contribution is 2.45. The first-order valence-electron chi connectivity index (χ1n) is 11.4. The van der Waals surface area contributed by atoms with Gasteiger partial charge in [-0.15, -0.1) is 0 Å². The highest BCUT2D eigenvalue weighted by atomic mass is 35.5. The molecular weight excluding hydrogens is 429 g/mol. The summed E-state index contributed by atoms with van der Waals surface area (Å²) in [6.45, 7) is 13.3. The molecule has 0 N–H and O–H groups in total. The predicted octanol–water partition coefficient (Wildman–Crippen LogP) is 7.23. The van der Waals surface area contributed by atoms with Crippen molar-refractivity contribution in [2.75, 3.05) is 32.8 Å². The fraction of sp³-hybridized carbons (Fsp3) is 0.538. The molecule has 1 aliphatic heterocycles. The monoisotopic (exact) mass is 463 g/mol. The van der Waals surface area contributed by atoms with Gasteiger partial charge in [0.15, 0.2) is 0 Å². The number of benzene rings is 2. The van der Waals surface area contributed by atoms with Crippen LogP contribution in [0.1, 0.15) is 57.3 Å². The molecule has 1 aliphatic rings. The highest BCUT2D eigenvalue weighted by molar-refractivity contribution is 6.35. The summed E-state index contributed by atoms with van der Waals surface area (Å²) in [5.41, 5.74) is 2.32. The number of ether oxygens (including phenoxy) is 2. The number of halogens is 2. The van der Waals surface area contributed by atoms with Crippen LogP contribution in [0, 0.1) is 11.8 Å². The van der Waals surface area contributed by atoms with Crippen LogP contribution in [0.4, 0.5) is 0 Å². The Morgan fingerprint density at radius 1 is 1.10 bits per heavy atom. The van der Waals surface area contributed by atoms with Crippen LogP contribution >= 0.6 is 23.2 Å². The first kappa shape index (κ1) is 24.4. The van der Waals surface area contributed by atoms with E-state index in [0.29, 0.717) is 30.1 Å². The third-order valence-corrected chi connectivity index (χ3v) is 7.00. The van der Waals surface area contributed by atoms with E-state index in [-0.39, 0.29) is 12.0 Å². The molecule has 0 aromatic heterocycles. The van der Waals surface area contributed by atoms with Crippen LogP contribution in [0.5, 0.6) is 5.75 Å². The lowest BCUT2D eigenvalue weighted by molar-refractivity contribution is -0.0552. The van der Waals surface area contributed by atoms with E-state index in [1.807, 2.05) is 24.3 Å². The lowest BCUT2D eigenvalue weighted by atomic mass is 9.76. The van der Waals surface area contributed by atoms with E-state index in [2.05, 4.69) is 50.8 Å². The number of hydrogen-bond donors (Lipinski definition) is 0. The number of hydrogen-bond acceptors (Lipinski definition) is 3. The van der Waals surface area contributed by atoms with Gasteiger partial charge in [-0.2, -0.15) is 0 Å². The van der Waals surface area contributed by atoms with Crippen molar-refractivity contribution in [1.29, 1.82) is 0 Å². The van der Waals surface area contributed by atoms with Gasteiger partial charge in [0.05, 0.1) is 12.7 Å². The van der Waals surface area contributed by atoms with Crippen molar-refractivity contribution in [3.8, 4) is 5.75 Å². The van der Waals surface area contributed by atoms with Crippen LogP contribution in [0.2, 0.25) is 10.0 Å². The molecule has 31 heavy (non-hydrogen) atoms. The summed E-state index contributed by atoms with van der Waals surface area (Å²) in [5, 5.41) is 1.40. The fourth-order valence-electron chi connectivity index (χ4n) is 4.49. The van der Waals surface area contributed by atoms with Crippen LogP contribution in [0.3, 0.4) is 0 Å². The molecule has 1 fully saturated rings. The highest BCUT2D eigenvalue weighted by Gasteiger charge is 2.35. The fourth-order valence-corrected chi connectivity index (χ4v) is 5.05. The van der Waals surface area contributed by atoms with E-state index in [4.69, 9.17) is 32.7 Å². The van der Waals surface area contributed by atoms with Crippen LogP contribution in [-0.4, -0.2) is 37.7 Å². The number of likely N-dealkylation sites (N-methyl/N-ethyl adjacent to an activating group) is 1. The van der Waals surface area contributed by atoms with E-state index in [9.17, 15) is 0 Å². The summed E-state index contributed by atoms with van der Waals surface area (Å²) in [5.74, 6) is 2.09. The molecule has 0 amide bonds. The van der Waals surface area contributed by atoms with Crippen LogP contribution in [0.25, 0.3) is 0 Å². The second-order valence-corrected chi connectivity index (χ2v) is 9.55. The largest absolute Gasteiger partial charge is 0.492 e. The Morgan fingerprint density at radius 2 is 1.87 bits per heavy atom. The first-order valence-corrected chi connectivity index (χ1v) is 12.2. The molecule has 0 unspecified atom stereocenters. The zero-order chi connectivity index (χ0) is 22.4. The Bertz CT molecular complexity index is 838. The maximum Gasteiger partial charge on any atom is 0.119 e. The van der Waals surface area contributed by atoms with E-state index in [1.165, 1.54) is 5.56 Å². The van der Waals surface area contributed by atoms with E-state index >= 15 is 0 Å². The molecule has 1 heterocycles. The van der Waals surface area contributed by atoms with E-state index in [0.717, 1.165) is 42.4 Å². The van der Waals surface area contributed by atoms with Gasteiger partial charge in [0.1, 0.15) is 12.4 Å². The normalized spacial score (nSPS) is 21.6. The van der Waals surface area contributed by atoms with Gasteiger partial charge in [-0.3, -0.25) is 0 Å². The molecule has 3 atom stereocenters. The Morgan fingerprint density at radius 3 is 2.55 bits per heavy atom. The molecule has 0 spiro atoms. The van der Waals surface area contributed by atoms with Crippen molar-refractivity contribution >= 4 is 23.2 Å². The van der Waals surface area contributed by atoms with Gasteiger partial charge >= 0.3 is 0 Å². The second-order valence-electron chi connectivity index (χ2n) is 8.71. The SMILES string of the molecule is CCN(CC)CCOc1cccc([C@@H]2OC[C@@H](c3ccc(Cl)cc3Cl)C[C@H]2C(C)C)c1. The maximum atomic E-state index is 6.50. The molecule has 0 radical (unpaired) electrons. The van der Waals surface area contributed by atoms with Gasteiger partial charge in [0.2, 0.25) is 0 Å². The van der Waals surface area contributed by atoms with Crippen LogP contribution in [0.15, 0.2) is 42.5 Å². The Kier molecular flexibility index (Phi) is 9.09. The third kappa shape index (κ3) is 6.38. The van der Waals surface area contributed by atoms with Gasteiger partial charge in [-0.05, 0) is 66.7 Å². The Labute approximate surface area is 197 Å². The first-order chi connectivity index (χ1) is 14.9. The summed E-state index contributed by atoms with van der Waals surface area (Å²) >= 11 is 12.6. The molecule has 3 nitrogen and oxygen atoms in total. The summed E-state index contributed by atoms with van der Waals surface area (Å²) in [4.78, 5) is 2.37. The lowest BCUT2D eigenvalue weighted by Crippen LogP contribution is -2.31. The van der Waals surface area contributed by atoms with Crippen molar-refractivity contribution in [3.05, 3.63) is 63.6 Å². The van der Waals surface area contributed by atoms with Crippen molar-refractivity contribution in [1.82, 2.24) is 4.90 Å². The van der Waals surface area contributed by atoms with Crippen LogP contribution < -0.4 is 4.74 Å². The van der Waals surface area contributed by atoms with E-state index in [1.54, 1.807) is 0 Å². The molecule has 0 saturated carbocycles. The maximum absolute atomic E-state index is 6.50. The van der Waals surface area contributed by atoms with Gasteiger partial charge in [0.25, 0.3) is 0 Å². The average molecular weight is 464 g/mol. The third-order valence-electron chi connectivity index (χ3n) is 6.44. The van der Waals surface area contributed by atoms with E-state index < -0.39 is 0 Å². The average Bonchev–Trinajstić information content (AvgIpc) is 2.76. The van der Waals surface area contributed by atoms with Crippen molar-refractivity contribution < 1.29 is 9.47 Å². The standard InChI is InChI=1S/C26H35Cl2NO2/c1-5-29(6-2)12-13-30-22-9-7-8-19(14-22)26-24(18(3)4)15-20(17-31-26)23-11-10-21(27)16-25(23)28/h7-11,14,16,18,20,24,26H,5-6,12-13,15,17H2,1-4H3/t20-,24-,26-/m0/s1. The minimum Gasteiger partial charge on any atom is -0.492 e. The zero-order valence-corrected chi connectivity index (χ0v) is 20.6. The van der Waals surface area contributed by atoms with Crippen molar-refractivity contribution in [3.63, 3.8) is 0 Å². The van der Waals surface area contributed by atoms with Crippen molar-refractivity contribution in [2.45, 2.75) is 46.1 Å².